The van der Waals surface area contributed by atoms with Crippen LogP contribution in [0.15, 0.2) is 35.2 Å². The van der Waals surface area contributed by atoms with Crippen molar-refractivity contribution in [1.29, 1.82) is 0 Å². The maximum atomic E-state index is 12.4. The van der Waals surface area contributed by atoms with E-state index in [1.165, 1.54) is 7.11 Å². The molecule has 2 rings (SSSR count). The largest absolute Gasteiger partial charge is 0.383 e. The number of aryl methyl sites for hydroxylation is 1. The summed E-state index contributed by atoms with van der Waals surface area (Å²) < 4.78 is 33.8. The molecule has 0 saturated carbocycles. The number of rotatable bonds is 6. The third-order valence-corrected chi connectivity index (χ3v) is 4.81. The first-order chi connectivity index (χ1) is 9.97. The number of hydrogen-bond donors (Lipinski definition) is 1. The van der Waals surface area contributed by atoms with Gasteiger partial charge < -0.3 is 4.74 Å². The van der Waals surface area contributed by atoms with Crippen LogP contribution in [0.1, 0.15) is 11.4 Å². The smallest absolute Gasteiger partial charge is 0.244 e. The van der Waals surface area contributed by atoms with Crippen LogP contribution in [-0.4, -0.2) is 38.5 Å². The van der Waals surface area contributed by atoms with Crippen LogP contribution in [0.25, 0.3) is 5.69 Å². The summed E-state index contributed by atoms with van der Waals surface area (Å²) in [6, 6.07) is 9.44. The van der Waals surface area contributed by atoms with Crippen LogP contribution in [0, 0.1) is 13.8 Å². The Labute approximate surface area is 124 Å². The highest BCUT2D eigenvalue weighted by molar-refractivity contribution is 7.89. The molecule has 0 amide bonds. The first kappa shape index (κ1) is 15.7. The SMILES string of the molecule is COCCNS(=O)(=O)c1c(C)nn(-c2ccccc2)c1C. The van der Waals surface area contributed by atoms with E-state index in [1.807, 2.05) is 30.3 Å². The highest BCUT2D eigenvalue weighted by Crippen LogP contribution is 2.22. The Bertz CT molecular complexity index is 709. The molecule has 0 atom stereocenters. The number of sulfonamides is 1. The lowest BCUT2D eigenvalue weighted by Crippen LogP contribution is -2.28. The van der Waals surface area contributed by atoms with Crippen molar-refractivity contribution in [2.45, 2.75) is 18.7 Å². The van der Waals surface area contributed by atoms with Crippen molar-refractivity contribution >= 4 is 10.0 Å². The summed E-state index contributed by atoms with van der Waals surface area (Å²) in [7, 11) is -2.07. The van der Waals surface area contributed by atoms with Gasteiger partial charge in [0.05, 0.1) is 23.7 Å². The molecular formula is C14H19N3O3S. The van der Waals surface area contributed by atoms with E-state index >= 15 is 0 Å². The molecule has 1 aromatic heterocycles. The van der Waals surface area contributed by atoms with E-state index in [0.29, 0.717) is 18.0 Å². The molecule has 0 spiro atoms. The summed E-state index contributed by atoms with van der Waals surface area (Å²) in [6.07, 6.45) is 0. The molecule has 1 N–H and O–H groups in total. The molecular weight excluding hydrogens is 290 g/mol. The van der Waals surface area contributed by atoms with Crippen LogP contribution in [0.5, 0.6) is 0 Å². The number of methoxy groups -OCH3 is 1. The van der Waals surface area contributed by atoms with Gasteiger partial charge in [-0.05, 0) is 26.0 Å². The van der Waals surface area contributed by atoms with E-state index in [0.717, 1.165) is 5.69 Å². The first-order valence-electron chi connectivity index (χ1n) is 6.57. The van der Waals surface area contributed by atoms with E-state index in [4.69, 9.17) is 4.74 Å². The van der Waals surface area contributed by atoms with Gasteiger partial charge in [-0.15, -0.1) is 0 Å². The van der Waals surface area contributed by atoms with Crippen LogP contribution in [-0.2, 0) is 14.8 Å². The molecule has 0 aliphatic carbocycles. The lowest BCUT2D eigenvalue weighted by Gasteiger charge is -2.07. The predicted molar refractivity (Wildman–Crippen MR) is 80.1 cm³/mol. The van der Waals surface area contributed by atoms with Crippen molar-refractivity contribution in [2.75, 3.05) is 20.3 Å². The number of aromatic nitrogens is 2. The Kier molecular flexibility index (Phi) is 4.76. The van der Waals surface area contributed by atoms with E-state index < -0.39 is 10.0 Å². The zero-order valence-electron chi connectivity index (χ0n) is 12.3. The normalized spacial score (nSPS) is 11.8. The van der Waals surface area contributed by atoms with Gasteiger partial charge in [0, 0.05) is 13.7 Å². The molecule has 1 heterocycles. The maximum Gasteiger partial charge on any atom is 0.244 e. The number of nitrogens with one attached hydrogen (secondary N) is 1. The fraction of sp³-hybridized carbons (Fsp3) is 0.357. The van der Waals surface area contributed by atoms with E-state index in [1.54, 1.807) is 18.5 Å². The fourth-order valence-corrected chi connectivity index (χ4v) is 3.59. The number of benzene rings is 1. The zero-order chi connectivity index (χ0) is 15.5. The van der Waals surface area contributed by atoms with Crippen molar-refractivity contribution in [2.24, 2.45) is 0 Å². The van der Waals surface area contributed by atoms with E-state index in [2.05, 4.69) is 9.82 Å². The van der Waals surface area contributed by atoms with Crippen molar-refractivity contribution < 1.29 is 13.2 Å². The minimum Gasteiger partial charge on any atom is -0.383 e. The molecule has 6 nitrogen and oxygen atoms in total. The predicted octanol–water partition coefficient (Wildman–Crippen LogP) is 1.41. The molecule has 0 bridgehead atoms. The van der Waals surface area contributed by atoms with Gasteiger partial charge in [-0.2, -0.15) is 5.10 Å². The topological polar surface area (TPSA) is 73.2 Å². The van der Waals surface area contributed by atoms with Gasteiger partial charge in [0.25, 0.3) is 0 Å². The average molecular weight is 309 g/mol. The summed E-state index contributed by atoms with van der Waals surface area (Å²) >= 11 is 0. The lowest BCUT2D eigenvalue weighted by molar-refractivity contribution is 0.204. The Morgan fingerprint density at radius 1 is 1.24 bits per heavy atom. The van der Waals surface area contributed by atoms with Crippen LogP contribution in [0.3, 0.4) is 0 Å². The van der Waals surface area contributed by atoms with Gasteiger partial charge >= 0.3 is 0 Å². The molecule has 1 aromatic carbocycles. The summed E-state index contributed by atoms with van der Waals surface area (Å²) in [4.78, 5) is 0.224. The monoisotopic (exact) mass is 309 g/mol. The highest BCUT2D eigenvalue weighted by Gasteiger charge is 2.24. The molecule has 0 aliphatic heterocycles. The fourth-order valence-electron chi connectivity index (χ4n) is 2.19. The number of ether oxygens (including phenoxy) is 1. The van der Waals surface area contributed by atoms with Gasteiger partial charge in [0.1, 0.15) is 4.90 Å². The number of nitrogens with zero attached hydrogens (tertiary/aromatic N) is 2. The van der Waals surface area contributed by atoms with Gasteiger partial charge in [-0.25, -0.2) is 17.8 Å². The minimum absolute atomic E-state index is 0.224. The van der Waals surface area contributed by atoms with Crippen LogP contribution in [0.4, 0.5) is 0 Å². The quantitative estimate of drug-likeness (QED) is 0.819. The third kappa shape index (κ3) is 3.31. The van der Waals surface area contributed by atoms with E-state index in [9.17, 15) is 8.42 Å². The Morgan fingerprint density at radius 3 is 2.52 bits per heavy atom. The number of para-hydroxylation sites is 1. The first-order valence-corrected chi connectivity index (χ1v) is 8.06. The summed E-state index contributed by atoms with van der Waals surface area (Å²) in [5, 5.41) is 4.34. The van der Waals surface area contributed by atoms with Crippen molar-refractivity contribution in [3.05, 3.63) is 41.7 Å². The average Bonchev–Trinajstić information content (AvgIpc) is 2.75. The van der Waals surface area contributed by atoms with Crippen LogP contribution < -0.4 is 4.72 Å². The van der Waals surface area contributed by atoms with Gasteiger partial charge in [0.15, 0.2) is 0 Å². The summed E-state index contributed by atoms with van der Waals surface area (Å²) in [5.74, 6) is 0. The molecule has 0 radical (unpaired) electrons. The minimum atomic E-state index is -3.59. The van der Waals surface area contributed by atoms with Crippen molar-refractivity contribution in [3.63, 3.8) is 0 Å². The maximum absolute atomic E-state index is 12.4. The molecule has 0 fully saturated rings. The van der Waals surface area contributed by atoms with Gasteiger partial charge in [-0.1, -0.05) is 18.2 Å². The summed E-state index contributed by atoms with van der Waals surface area (Å²) in [6.45, 7) is 3.99. The lowest BCUT2D eigenvalue weighted by atomic mass is 10.3. The van der Waals surface area contributed by atoms with E-state index in [-0.39, 0.29) is 11.4 Å². The van der Waals surface area contributed by atoms with Gasteiger partial charge in [0.2, 0.25) is 10.0 Å². The van der Waals surface area contributed by atoms with Crippen molar-refractivity contribution in [3.8, 4) is 5.69 Å². The Balaban J connectivity index is 2.40. The second-order valence-corrected chi connectivity index (χ2v) is 6.34. The summed E-state index contributed by atoms with van der Waals surface area (Å²) in [5.41, 5.74) is 1.89. The molecule has 0 saturated heterocycles. The van der Waals surface area contributed by atoms with Crippen LogP contribution >= 0.6 is 0 Å². The number of hydrogen-bond acceptors (Lipinski definition) is 4. The van der Waals surface area contributed by atoms with Crippen LogP contribution in [0.2, 0.25) is 0 Å². The standard InChI is InChI=1S/C14H19N3O3S/c1-11-14(21(18,19)15-9-10-20-3)12(2)17(16-11)13-7-5-4-6-8-13/h4-8,15H,9-10H2,1-3H3. The molecule has 21 heavy (non-hydrogen) atoms. The van der Waals surface area contributed by atoms with Gasteiger partial charge in [-0.3, -0.25) is 0 Å². The third-order valence-electron chi connectivity index (χ3n) is 3.09. The second-order valence-electron chi connectivity index (χ2n) is 4.64. The highest BCUT2D eigenvalue weighted by atomic mass is 32.2. The van der Waals surface area contributed by atoms with Crippen molar-refractivity contribution in [1.82, 2.24) is 14.5 Å². The molecule has 0 aliphatic rings. The molecule has 7 heteroatoms. The molecule has 2 aromatic rings. The molecule has 114 valence electrons. The Hall–Kier alpha value is -1.70. The Morgan fingerprint density at radius 2 is 1.90 bits per heavy atom. The zero-order valence-corrected chi connectivity index (χ0v) is 13.1. The second kappa shape index (κ2) is 6.38. The molecule has 0 unspecified atom stereocenters.